The standard InChI is InChI=1S/C15H19NO5S/c1-21-14(17)9-13(11-5-3-2-4-6-11)16-15(18)12-7-8-22(19,20)10-12/h2-6,12-13H,7-10H2,1H3,(H,16,18)/t12-,13+/m1/s1. The van der Waals surface area contributed by atoms with Crippen molar-refractivity contribution in [3.8, 4) is 0 Å². The fourth-order valence-electron chi connectivity index (χ4n) is 2.48. The third kappa shape index (κ3) is 4.30. The molecule has 1 N–H and O–H groups in total. The van der Waals surface area contributed by atoms with Gasteiger partial charge in [-0.1, -0.05) is 30.3 Å². The van der Waals surface area contributed by atoms with Gasteiger partial charge in [0.15, 0.2) is 9.84 Å². The average molecular weight is 325 g/mol. The zero-order valence-corrected chi connectivity index (χ0v) is 13.1. The van der Waals surface area contributed by atoms with Gasteiger partial charge in [-0.05, 0) is 12.0 Å². The number of amides is 1. The van der Waals surface area contributed by atoms with E-state index in [4.69, 9.17) is 0 Å². The molecule has 0 bridgehead atoms. The van der Waals surface area contributed by atoms with Crippen molar-refractivity contribution in [3.63, 3.8) is 0 Å². The number of esters is 1. The Labute approximate surface area is 129 Å². The van der Waals surface area contributed by atoms with Gasteiger partial charge in [0, 0.05) is 0 Å². The summed E-state index contributed by atoms with van der Waals surface area (Å²) in [6.45, 7) is 0. The number of nitrogens with one attached hydrogen (secondary N) is 1. The Kier molecular flexibility index (Phi) is 5.18. The molecule has 0 spiro atoms. The van der Waals surface area contributed by atoms with Gasteiger partial charge in [-0.15, -0.1) is 0 Å². The van der Waals surface area contributed by atoms with Gasteiger partial charge in [-0.25, -0.2) is 8.42 Å². The maximum Gasteiger partial charge on any atom is 0.307 e. The summed E-state index contributed by atoms with van der Waals surface area (Å²) in [6, 6.07) is 8.55. The fraction of sp³-hybridized carbons (Fsp3) is 0.467. The van der Waals surface area contributed by atoms with Crippen molar-refractivity contribution in [1.82, 2.24) is 5.32 Å². The van der Waals surface area contributed by atoms with E-state index in [2.05, 4.69) is 10.1 Å². The highest BCUT2D eigenvalue weighted by Gasteiger charge is 2.34. The quantitative estimate of drug-likeness (QED) is 0.810. The molecular formula is C15H19NO5S. The van der Waals surface area contributed by atoms with Crippen molar-refractivity contribution in [2.45, 2.75) is 18.9 Å². The minimum absolute atomic E-state index is 0.00568. The molecule has 0 aromatic heterocycles. The zero-order valence-electron chi connectivity index (χ0n) is 12.3. The molecule has 7 heteroatoms. The van der Waals surface area contributed by atoms with Crippen LogP contribution in [0.15, 0.2) is 30.3 Å². The van der Waals surface area contributed by atoms with Crippen LogP contribution in [0.25, 0.3) is 0 Å². The largest absolute Gasteiger partial charge is 0.469 e. The molecule has 22 heavy (non-hydrogen) atoms. The van der Waals surface area contributed by atoms with Gasteiger partial charge in [0.25, 0.3) is 0 Å². The maximum absolute atomic E-state index is 12.3. The molecule has 0 unspecified atom stereocenters. The van der Waals surface area contributed by atoms with E-state index in [0.717, 1.165) is 5.56 Å². The van der Waals surface area contributed by atoms with E-state index in [1.54, 1.807) is 12.1 Å². The van der Waals surface area contributed by atoms with Crippen molar-refractivity contribution >= 4 is 21.7 Å². The highest BCUT2D eigenvalue weighted by molar-refractivity contribution is 7.91. The number of carbonyl (C=O) groups excluding carboxylic acids is 2. The van der Waals surface area contributed by atoms with Crippen molar-refractivity contribution in [1.29, 1.82) is 0 Å². The molecule has 120 valence electrons. The Morgan fingerprint density at radius 1 is 1.32 bits per heavy atom. The third-order valence-electron chi connectivity index (χ3n) is 3.72. The molecule has 1 aliphatic heterocycles. The van der Waals surface area contributed by atoms with Gasteiger partial charge in [0.1, 0.15) is 0 Å². The maximum atomic E-state index is 12.3. The summed E-state index contributed by atoms with van der Waals surface area (Å²) in [5.74, 6) is -1.41. The van der Waals surface area contributed by atoms with Gasteiger partial charge in [0.2, 0.25) is 5.91 Å². The molecule has 2 rings (SSSR count). The first kappa shape index (κ1) is 16.5. The topological polar surface area (TPSA) is 89.5 Å². The molecule has 1 fully saturated rings. The molecule has 0 saturated carbocycles. The van der Waals surface area contributed by atoms with Gasteiger partial charge in [0.05, 0.1) is 37.0 Å². The van der Waals surface area contributed by atoms with Crippen LogP contribution in [-0.4, -0.2) is 38.9 Å². The number of ether oxygens (including phenoxy) is 1. The summed E-state index contributed by atoms with van der Waals surface area (Å²) in [5.41, 5.74) is 0.780. The van der Waals surface area contributed by atoms with E-state index in [-0.39, 0.29) is 23.8 Å². The molecule has 1 heterocycles. The molecule has 0 radical (unpaired) electrons. The highest BCUT2D eigenvalue weighted by atomic mass is 32.2. The van der Waals surface area contributed by atoms with Gasteiger partial charge in [-0.3, -0.25) is 9.59 Å². The van der Waals surface area contributed by atoms with E-state index < -0.39 is 27.8 Å². The first-order valence-corrected chi connectivity index (χ1v) is 8.86. The van der Waals surface area contributed by atoms with E-state index in [1.807, 2.05) is 18.2 Å². The van der Waals surface area contributed by atoms with Crippen LogP contribution >= 0.6 is 0 Å². The molecule has 1 aromatic carbocycles. The van der Waals surface area contributed by atoms with Crippen LogP contribution in [0.5, 0.6) is 0 Å². The Morgan fingerprint density at radius 2 is 2.00 bits per heavy atom. The van der Waals surface area contributed by atoms with Crippen LogP contribution in [-0.2, 0) is 24.2 Å². The Morgan fingerprint density at radius 3 is 2.55 bits per heavy atom. The van der Waals surface area contributed by atoms with Gasteiger partial charge in [-0.2, -0.15) is 0 Å². The minimum atomic E-state index is -3.12. The summed E-state index contributed by atoms with van der Waals surface area (Å²) >= 11 is 0. The van der Waals surface area contributed by atoms with Crippen LogP contribution in [0.1, 0.15) is 24.4 Å². The number of methoxy groups -OCH3 is 1. The predicted octanol–water partition coefficient (Wildman–Crippen LogP) is 0.842. The molecule has 1 aliphatic rings. The molecular weight excluding hydrogens is 306 g/mol. The van der Waals surface area contributed by atoms with Crippen LogP contribution in [0, 0.1) is 5.92 Å². The van der Waals surface area contributed by atoms with Crippen molar-refractivity contribution in [2.75, 3.05) is 18.6 Å². The lowest BCUT2D eigenvalue weighted by molar-refractivity contribution is -0.141. The lowest BCUT2D eigenvalue weighted by Crippen LogP contribution is -2.35. The second-order valence-corrected chi connectivity index (χ2v) is 7.58. The summed E-state index contributed by atoms with van der Waals surface area (Å²) < 4.78 is 27.6. The van der Waals surface area contributed by atoms with Crippen LogP contribution in [0.4, 0.5) is 0 Å². The van der Waals surface area contributed by atoms with E-state index in [1.165, 1.54) is 7.11 Å². The Bertz CT molecular complexity index is 641. The van der Waals surface area contributed by atoms with Crippen LogP contribution in [0.2, 0.25) is 0 Å². The molecule has 6 nitrogen and oxygen atoms in total. The molecule has 1 saturated heterocycles. The molecule has 0 aliphatic carbocycles. The Balaban J connectivity index is 2.09. The second kappa shape index (κ2) is 6.91. The van der Waals surface area contributed by atoms with Gasteiger partial charge >= 0.3 is 5.97 Å². The molecule has 2 atom stereocenters. The monoisotopic (exact) mass is 325 g/mol. The smallest absolute Gasteiger partial charge is 0.307 e. The van der Waals surface area contributed by atoms with Gasteiger partial charge < -0.3 is 10.1 Å². The number of hydrogen-bond acceptors (Lipinski definition) is 5. The normalized spacial score (nSPS) is 21.0. The number of sulfone groups is 1. The van der Waals surface area contributed by atoms with Crippen LogP contribution in [0.3, 0.4) is 0 Å². The van der Waals surface area contributed by atoms with E-state index >= 15 is 0 Å². The number of carbonyl (C=O) groups is 2. The second-order valence-electron chi connectivity index (χ2n) is 5.35. The Hall–Kier alpha value is -1.89. The summed E-state index contributed by atoms with van der Waals surface area (Å²) in [5, 5.41) is 2.77. The average Bonchev–Trinajstić information content (AvgIpc) is 2.87. The third-order valence-corrected chi connectivity index (χ3v) is 5.49. The SMILES string of the molecule is COC(=O)C[C@H](NC(=O)[C@@H]1CCS(=O)(=O)C1)c1ccccc1. The zero-order chi connectivity index (χ0) is 16.2. The number of hydrogen-bond donors (Lipinski definition) is 1. The lowest BCUT2D eigenvalue weighted by Gasteiger charge is -2.20. The summed E-state index contributed by atoms with van der Waals surface area (Å²) in [4.78, 5) is 23.8. The summed E-state index contributed by atoms with van der Waals surface area (Å²) in [6.07, 6.45) is 0.333. The van der Waals surface area contributed by atoms with Crippen molar-refractivity contribution in [2.24, 2.45) is 5.92 Å². The first-order valence-electron chi connectivity index (χ1n) is 7.04. The predicted molar refractivity (Wildman–Crippen MR) is 80.7 cm³/mol. The number of benzene rings is 1. The summed E-state index contributed by atoms with van der Waals surface area (Å²) in [7, 11) is -1.83. The lowest BCUT2D eigenvalue weighted by atomic mass is 10.0. The molecule has 1 amide bonds. The number of rotatable bonds is 5. The van der Waals surface area contributed by atoms with Crippen LogP contribution < -0.4 is 5.32 Å². The van der Waals surface area contributed by atoms with E-state index in [0.29, 0.717) is 6.42 Å². The molecule has 1 aromatic rings. The fourth-order valence-corrected chi connectivity index (χ4v) is 4.22. The highest BCUT2D eigenvalue weighted by Crippen LogP contribution is 2.22. The van der Waals surface area contributed by atoms with E-state index in [9.17, 15) is 18.0 Å². The van der Waals surface area contributed by atoms with Crippen molar-refractivity contribution in [3.05, 3.63) is 35.9 Å². The van der Waals surface area contributed by atoms with Crippen molar-refractivity contribution < 1.29 is 22.7 Å². The first-order chi connectivity index (χ1) is 10.4. The minimum Gasteiger partial charge on any atom is -0.469 e.